The first-order valence-corrected chi connectivity index (χ1v) is 7.57. The Hall–Kier alpha value is -1.44. The molecule has 7 nitrogen and oxygen atoms in total. The Morgan fingerprint density at radius 1 is 1.24 bits per heavy atom. The summed E-state index contributed by atoms with van der Waals surface area (Å²) >= 11 is 0. The van der Waals surface area contributed by atoms with E-state index in [2.05, 4.69) is 26.8 Å². The minimum atomic E-state index is -0.368. The van der Waals surface area contributed by atoms with Gasteiger partial charge in [0.25, 0.3) is 0 Å². The van der Waals surface area contributed by atoms with Crippen molar-refractivity contribution in [2.24, 2.45) is 0 Å². The lowest BCUT2D eigenvalue weighted by Crippen LogP contribution is -2.58. The smallest absolute Gasteiger partial charge is 0.227 e. The van der Waals surface area contributed by atoms with Gasteiger partial charge in [-0.2, -0.15) is 4.98 Å². The third-order valence-electron chi connectivity index (χ3n) is 4.50. The molecular formula is C14H24N6O. The van der Waals surface area contributed by atoms with Crippen LogP contribution in [-0.2, 0) is 0 Å². The molecule has 2 aliphatic heterocycles. The Kier molecular flexibility index (Phi) is 4.23. The molecule has 0 saturated carbocycles. The number of nitrogens with zero attached hydrogens (tertiary/aromatic N) is 5. The van der Waals surface area contributed by atoms with Gasteiger partial charge in [0.05, 0.1) is 6.10 Å². The molecule has 0 aliphatic carbocycles. The van der Waals surface area contributed by atoms with Crippen molar-refractivity contribution in [1.29, 1.82) is 0 Å². The van der Waals surface area contributed by atoms with E-state index in [-0.39, 0.29) is 12.1 Å². The van der Waals surface area contributed by atoms with Crippen molar-refractivity contribution in [3.8, 4) is 0 Å². The van der Waals surface area contributed by atoms with Gasteiger partial charge < -0.3 is 20.6 Å². The zero-order valence-corrected chi connectivity index (χ0v) is 12.5. The van der Waals surface area contributed by atoms with Gasteiger partial charge in [-0.1, -0.05) is 0 Å². The highest BCUT2D eigenvalue weighted by Crippen LogP contribution is 2.21. The lowest BCUT2D eigenvalue weighted by molar-refractivity contribution is 0.0137. The summed E-state index contributed by atoms with van der Waals surface area (Å²) in [4.78, 5) is 15.3. The molecule has 3 rings (SSSR count). The predicted molar refractivity (Wildman–Crippen MR) is 82.1 cm³/mol. The number of nitrogen functional groups attached to an aromatic ring is 1. The van der Waals surface area contributed by atoms with Crippen molar-refractivity contribution in [2.45, 2.75) is 18.6 Å². The first-order chi connectivity index (χ1) is 10.1. The Morgan fingerprint density at radius 2 is 2.00 bits per heavy atom. The summed E-state index contributed by atoms with van der Waals surface area (Å²) in [5.41, 5.74) is 5.70. The number of aliphatic hydroxyl groups is 1. The maximum absolute atomic E-state index is 10.5. The largest absolute Gasteiger partial charge is 0.390 e. The van der Waals surface area contributed by atoms with Crippen molar-refractivity contribution >= 4 is 11.8 Å². The van der Waals surface area contributed by atoms with Gasteiger partial charge in [0, 0.05) is 51.5 Å². The number of β-amino-alcohol motifs (C(OH)–C–C–N with tert-alkyl or cyclic N) is 1. The summed E-state index contributed by atoms with van der Waals surface area (Å²) in [5, 5.41) is 10.5. The van der Waals surface area contributed by atoms with Gasteiger partial charge in [0.1, 0.15) is 5.82 Å². The molecule has 21 heavy (non-hydrogen) atoms. The molecule has 2 saturated heterocycles. The fourth-order valence-corrected chi connectivity index (χ4v) is 3.19. The predicted octanol–water partition coefficient (Wildman–Crippen LogP) is -0.754. The molecule has 0 amide bonds. The van der Waals surface area contributed by atoms with Gasteiger partial charge in [0.15, 0.2) is 0 Å². The SMILES string of the molecule is CN1CCN([C@@H]2CCN(c3nccc(N)n3)C[C@H]2O)CC1. The second-order valence-corrected chi connectivity index (χ2v) is 5.99. The van der Waals surface area contributed by atoms with E-state index in [1.54, 1.807) is 12.3 Å². The fraction of sp³-hybridized carbons (Fsp3) is 0.714. The van der Waals surface area contributed by atoms with Crippen LogP contribution in [0.1, 0.15) is 6.42 Å². The van der Waals surface area contributed by atoms with Crippen molar-refractivity contribution in [2.75, 3.05) is 56.9 Å². The van der Waals surface area contributed by atoms with Crippen LogP contribution in [0.3, 0.4) is 0 Å². The molecule has 0 bridgehead atoms. The Morgan fingerprint density at radius 3 is 2.67 bits per heavy atom. The number of aromatic nitrogens is 2. The molecule has 0 unspecified atom stereocenters. The van der Waals surface area contributed by atoms with Gasteiger partial charge in [-0.25, -0.2) is 4.98 Å². The number of rotatable bonds is 2. The van der Waals surface area contributed by atoms with E-state index in [1.165, 1.54) is 0 Å². The molecule has 116 valence electrons. The van der Waals surface area contributed by atoms with Crippen molar-refractivity contribution in [1.82, 2.24) is 19.8 Å². The van der Waals surface area contributed by atoms with Gasteiger partial charge in [-0.15, -0.1) is 0 Å². The zero-order valence-electron chi connectivity index (χ0n) is 12.5. The quantitative estimate of drug-likeness (QED) is 0.742. The molecule has 2 fully saturated rings. The van der Waals surface area contributed by atoms with Crippen LogP contribution < -0.4 is 10.6 Å². The van der Waals surface area contributed by atoms with Crippen molar-refractivity contribution in [3.63, 3.8) is 0 Å². The average Bonchev–Trinajstić information content (AvgIpc) is 2.48. The lowest BCUT2D eigenvalue weighted by atomic mass is 9.99. The van der Waals surface area contributed by atoms with Crippen LogP contribution in [0.25, 0.3) is 0 Å². The van der Waals surface area contributed by atoms with E-state index in [9.17, 15) is 5.11 Å². The molecule has 0 radical (unpaired) electrons. The van der Waals surface area contributed by atoms with Gasteiger partial charge in [-0.3, -0.25) is 4.90 Å². The van der Waals surface area contributed by atoms with E-state index in [4.69, 9.17) is 5.73 Å². The normalized spacial score (nSPS) is 28.8. The Balaban J connectivity index is 1.61. The molecule has 2 aliphatic rings. The van der Waals surface area contributed by atoms with Crippen LogP contribution in [0, 0.1) is 0 Å². The van der Waals surface area contributed by atoms with Crippen molar-refractivity contribution < 1.29 is 5.11 Å². The van der Waals surface area contributed by atoms with Crippen LogP contribution in [0.5, 0.6) is 0 Å². The second kappa shape index (κ2) is 6.13. The van der Waals surface area contributed by atoms with Crippen LogP contribution >= 0.6 is 0 Å². The van der Waals surface area contributed by atoms with Crippen LogP contribution in [0.2, 0.25) is 0 Å². The zero-order chi connectivity index (χ0) is 14.8. The Bertz CT molecular complexity index is 476. The van der Waals surface area contributed by atoms with E-state index in [0.717, 1.165) is 39.1 Å². The highest BCUT2D eigenvalue weighted by Gasteiger charge is 2.34. The molecular weight excluding hydrogens is 268 g/mol. The summed E-state index contributed by atoms with van der Waals surface area (Å²) in [7, 11) is 2.15. The highest BCUT2D eigenvalue weighted by molar-refractivity contribution is 5.38. The van der Waals surface area contributed by atoms with Gasteiger partial charge >= 0.3 is 0 Å². The molecule has 2 atom stereocenters. The molecule has 3 heterocycles. The number of hydrogen-bond acceptors (Lipinski definition) is 7. The average molecular weight is 292 g/mol. The molecule has 3 N–H and O–H groups in total. The van der Waals surface area contributed by atoms with E-state index >= 15 is 0 Å². The minimum absolute atomic E-state index is 0.246. The summed E-state index contributed by atoms with van der Waals surface area (Å²) in [5.74, 6) is 1.08. The standard InChI is InChI=1S/C14H24N6O/c1-18-6-8-19(9-7-18)11-3-5-20(10-12(11)21)14-16-4-2-13(15)17-14/h2,4,11-12,21H,3,5-10H2,1H3,(H2,15,16,17)/t11-,12-/m1/s1. The van der Waals surface area contributed by atoms with E-state index < -0.39 is 0 Å². The number of anilines is 2. The maximum Gasteiger partial charge on any atom is 0.227 e. The number of piperidine rings is 1. The Labute approximate surface area is 125 Å². The monoisotopic (exact) mass is 292 g/mol. The summed E-state index contributed by atoms with van der Waals surface area (Å²) in [6.45, 7) is 5.65. The number of hydrogen-bond donors (Lipinski definition) is 2. The first kappa shape index (κ1) is 14.5. The maximum atomic E-state index is 10.5. The number of likely N-dealkylation sites (N-methyl/N-ethyl adjacent to an activating group) is 1. The van der Waals surface area contributed by atoms with Crippen LogP contribution in [0.15, 0.2) is 12.3 Å². The highest BCUT2D eigenvalue weighted by atomic mass is 16.3. The van der Waals surface area contributed by atoms with Crippen LogP contribution in [-0.4, -0.2) is 83.3 Å². The van der Waals surface area contributed by atoms with Crippen LogP contribution in [0.4, 0.5) is 11.8 Å². The third kappa shape index (κ3) is 3.25. The van der Waals surface area contributed by atoms with E-state index in [1.807, 2.05) is 4.90 Å². The van der Waals surface area contributed by atoms with Gasteiger partial charge in [-0.05, 0) is 19.5 Å². The molecule has 0 spiro atoms. The summed E-state index contributed by atoms with van der Waals surface area (Å²) < 4.78 is 0. The molecule has 7 heteroatoms. The first-order valence-electron chi connectivity index (χ1n) is 7.57. The summed E-state index contributed by atoms with van der Waals surface area (Å²) in [6.07, 6.45) is 2.23. The third-order valence-corrected chi connectivity index (χ3v) is 4.50. The van der Waals surface area contributed by atoms with Crippen molar-refractivity contribution in [3.05, 3.63) is 12.3 Å². The second-order valence-electron chi connectivity index (χ2n) is 5.99. The minimum Gasteiger partial charge on any atom is -0.390 e. The molecule has 0 aromatic carbocycles. The summed E-state index contributed by atoms with van der Waals surface area (Å²) in [6, 6.07) is 1.92. The lowest BCUT2D eigenvalue weighted by Gasteiger charge is -2.44. The van der Waals surface area contributed by atoms with Gasteiger partial charge in [0.2, 0.25) is 5.95 Å². The number of piperazine rings is 1. The number of aliphatic hydroxyl groups excluding tert-OH is 1. The number of nitrogens with two attached hydrogens (primary N) is 1. The fourth-order valence-electron chi connectivity index (χ4n) is 3.19. The van der Waals surface area contributed by atoms with E-state index in [0.29, 0.717) is 18.3 Å². The topological polar surface area (TPSA) is 81.8 Å². The molecule has 1 aromatic rings. The molecule has 1 aromatic heterocycles.